The van der Waals surface area contributed by atoms with Gasteiger partial charge in [0.15, 0.2) is 5.78 Å². The molecule has 0 heterocycles. The van der Waals surface area contributed by atoms with Crippen LogP contribution in [0.4, 0.5) is 0 Å². The molecule has 0 aromatic rings. The number of hydrogen-bond donors (Lipinski definition) is 0. The van der Waals surface area contributed by atoms with Crippen LogP contribution >= 0.6 is 0 Å². The fourth-order valence-corrected chi connectivity index (χ4v) is 7.75. The molecule has 7 atom stereocenters. The first-order valence-electron chi connectivity index (χ1n) is 10.6. The highest BCUT2D eigenvalue weighted by Crippen LogP contribution is 2.67. The van der Waals surface area contributed by atoms with E-state index >= 15 is 0 Å². The van der Waals surface area contributed by atoms with Crippen LogP contribution in [0, 0.1) is 52.3 Å². The second kappa shape index (κ2) is 6.00. The van der Waals surface area contributed by atoms with Crippen LogP contribution in [-0.2, 0) is 4.79 Å². The average molecular weight is 339 g/mol. The monoisotopic (exact) mass is 338 g/mol. The number of allylic oxidation sites excluding steroid dienone is 1. The molecule has 0 saturated heterocycles. The van der Waals surface area contributed by atoms with E-state index in [1.807, 2.05) is 13.0 Å². The van der Waals surface area contributed by atoms with Crippen LogP contribution < -0.4 is 0 Å². The first-order chi connectivity index (χ1) is 11.9. The average Bonchev–Trinajstić information content (AvgIpc) is 2.93. The molecule has 0 aromatic heterocycles. The molecule has 0 aliphatic heterocycles. The van der Waals surface area contributed by atoms with Crippen molar-refractivity contribution in [3.8, 4) is 11.8 Å². The van der Waals surface area contributed by atoms with Crippen molar-refractivity contribution in [3.63, 3.8) is 0 Å². The van der Waals surface area contributed by atoms with Crippen LogP contribution in [0.2, 0.25) is 0 Å². The second-order valence-corrected chi connectivity index (χ2v) is 9.88. The molecule has 4 aliphatic rings. The molecule has 4 aliphatic carbocycles. The minimum atomic E-state index is 0.311. The Morgan fingerprint density at radius 3 is 2.64 bits per heavy atom. The Kier molecular flexibility index (Phi) is 4.18. The minimum absolute atomic E-state index is 0.311. The molecule has 0 radical (unpaired) electrons. The maximum absolute atomic E-state index is 11.9. The van der Waals surface area contributed by atoms with Crippen LogP contribution in [0.15, 0.2) is 11.6 Å². The van der Waals surface area contributed by atoms with E-state index in [0.717, 1.165) is 36.5 Å². The van der Waals surface area contributed by atoms with Crippen LogP contribution in [0.3, 0.4) is 0 Å². The Labute approximate surface area is 154 Å². The first kappa shape index (κ1) is 17.4. The summed E-state index contributed by atoms with van der Waals surface area (Å²) in [4.78, 5) is 11.9. The van der Waals surface area contributed by atoms with Gasteiger partial charge in [-0.1, -0.05) is 26.3 Å². The van der Waals surface area contributed by atoms with E-state index in [1.54, 1.807) is 0 Å². The van der Waals surface area contributed by atoms with Gasteiger partial charge in [0.1, 0.15) is 0 Å². The van der Waals surface area contributed by atoms with Gasteiger partial charge in [-0.25, -0.2) is 0 Å². The smallest absolute Gasteiger partial charge is 0.155 e. The van der Waals surface area contributed by atoms with Gasteiger partial charge in [-0.05, 0) is 92.4 Å². The Morgan fingerprint density at radius 2 is 1.88 bits per heavy atom. The van der Waals surface area contributed by atoms with Gasteiger partial charge in [-0.3, -0.25) is 4.79 Å². The van der Waals surface area contributed by atoms with Crippen LogP contribution in [0.5, 0.6) is 0 Å². The van der Waals surface area contributed by atoms with Gasteiger partial charge in [0.25, 0.3) is 0 Å². The van der Waals surface area contributed by atoms with E-state index in [0.29, 0.717) is 22.5 Å². The highest BCUT2D eigenvalue weighted by molar-refractivity contribution is 5.91. The zero-order valence-corrected chi connectivity index (χ0v) is 16.5. The van der Waals surface area contributed by atoms with E-state index in [4.69, 9.17) is 0 Å². The number of hydrogen-bond acceptors (Lipinski definition) is 1. The van der Waals surface area contributed by atoms with Crippen molar-refractivity contribution >= 4 is 5.78 Å². The number of rotatable bonds is 1. The third-order valence-corrected chi connectivity index (χ3v) is 9.01. The first-order valence-corrected chi connectivity index (χ1v) is 10.6. The number of carbonyl (C=O) groups excluding carboxylic acids is 1. The summed E-state index contributed by atoms with van der Waals surface area (Å²) in [5.41, 5.74) is 2.30. The molecule has 0 aromatic carbocycles. The van der Waals surface area contributed by atoms with Crippen molar-refractivity contribution in [3.05, 3.63) is 11.6 Å². The van der Waals surface area contributed by atoms with Crippen molar-refractivity contribution in [2.75, 3.05) is 0 Å². The molecule has 1 nitrogen and oxygen atoms in total. The highest BCUT2D eigenvalue weighted by Gasteiger charge is 2.59. The van der Waals surface area contributed by atoms with E-state index in [9.17, 15) is 4.79 Å². The summed E-state index contributed by atoms with van der Waals surface area (Å²) in [6.07, 6.45) is 11.9. The summed E-state index contributed by atoms with van der Waals surface area (Å²) in [5, 5.41) is 0. The fourth-order valence-electron chi connectivity index (χ4n) is 7.75. The fraction of sp³-hybridized carbons (Fsp3) is 0.792. The van der Waals surface area contributed by atoms with Crippen LogP contribution in [-0.4, -0.2) is 5.78 Å². The molecule has 0 spiro atoms. The van der Waals surface area contributed by atoms with E-state index in [-0.39, 0.29) is 0 Å². The molecule has 136 valence electrons. The van der Waals surface area contributed by atoms with E-state index in [2.05, 4.69) is 32.6 Å². The standard InChI is InChI=1S/C24H34O/c1-5-6-16(2)20-9-10-21-19-8-7-17-15-18(25)11-13-23(17,3)22(19)12-14-24(20,21)4/h15-16,19-22H,7-14H2,1-4H3/t16?,19?,20-,21?,22?,23+,24-/m1/s1. The molecule has 4 rings (SSSR count). The van der Waals surface area contributed by atoms with Gasteiger partial charge in [0.2, 0.25) is 0 Å². The zero-order valence-electron chi connectivity index (χ0n) is 16.5. The summed E-state index contributed by atoms with van der Waals surface area (Å²) < 4.78 is 0. The molecule has 1 heteroatoms. The van der Waals surface area contributed by atoms with Gasteiger partial charge >= 0.3 is 0 Å². The second-order valence-electron chi connectivity index (χ2n) is 9.88. The predicted molar refractivity (Wildman–Crippen MR) is 103 cm³/mol. The van der Waals surface area contributed by atoms with Gasteiger partial charge < -0.3 is 0 Å². The molecule has 0 amide bonds. The third-order valence-electron chi connectivity index (χ3n) is 9.01. The minimum Gasteiger partial charge on any atom is -0.295 e. The number of ketones is 1. The van der Waals surface area contributed by atoms with Crippen molar-refractivity contribution in [1.29, 1.82) is 0 Å². The number of carbonyl (C=O) groups is 1. The molecule has 25 heavy (non-hydrogen) atoms. The summed E-state index contributed by atoms with van der Waals surface area (Å²) in [6, 6.07) is 0. The van der Waals surface area contributed by atoms with Crippen molar-refractivity contribution in [1.82, 2.24) is 0 Å². The Bertz CT molecular complexity index is 661. The quantitative estimate of drug-likeness (QED) is 0.553. The van der Waals surface area contributed by atoms with Crippen molar-refractivity contribution in [2.24, 2.45) is 40.4 Å². The van der Waals surface area contributed by atoms with Crippen molar-refractivity contribution in [2.45, 2.75) is 79.1 Å². The topological polar surface area (TPSA) is 17.1 Å². The van der Waals surface area contributed by atoms with Gasteiger partial charge in [0, 0.05) is 12.3 Å². The normalized spacial score (nSPS) is 46.9. The summed E-state index contributed by atoms with van der Waals surface area (Å²) >= 11 is 0. The summed E-state index contributed by atoms with van der Waals surface area (Å²) in [6.45, 7) is 9.43. The van der Waals surface area contributed by atoms with Crippen LogP contribution in [0.25, 0.3) is 0 Å². The van der Waals surface area contributed by atoms with E-state index < -0.39 is 0 Å². The highest BCUT2D eigenvalue weighted by atomic mass is 16.1. The molecule has 0 N–H and O–H groups in total. The largest absolute Gasteiger partial charge is 0.295 e. The Hall–Kier alpha value is -1.03. The maximum Gasteiger partial charge on any atom is 0.155 e. The third kappa shape index (κ3) is 2.47. The van der Waals surface area contributed by atoms with Crippen LogP contribution in [0.1, 0.15) is 79.1 Å². The zero-order chi connectivity index (χ0) is 17.8. The maximum atomic E-state index is 11.9. The number of fused-ring (bicyclic) bond motifs is 5. The molecule has 0 bridgehead atoms. The lowest BCUT2D eigenvalue weighted by Gasteiger charge is -2.58. The molecular formula is C24H34O. The molecule has 3 saturated carbocycles. The Morgan fingerprint density at radius 1 is 1.08 bits per heavy atom. The lowest BCUT2D eigenvalue weighted by atomic mass is 9.46. The SMILES string of the molecule is CC#CC(C)[C@H]1CCC2C3CCC4=CC(=O)CC[C@]4(C)C3CC[C@@]21C. The molecular weight excluding hydrogens is 304 g/mol. The van der Waals surface area contributed by atoms with Gasteiger partial charge in [0.05, 0.1) is 0 Å². The Balaban J connectivity index is 1.63. The van der Waals surface area contributed by atoms with Gasteiger partial charge in [-0.2, -0.15) is 0 Å². The summed E-state index contributed by atoms with van der Waals surface area (Å²) in [7, 11) is 0. The van der Waals surface area contributed by atoms with Crippen molar-refractivity contribution < 1.29 is 4.79 Å². The van der Waals surface area contributed by atoms with E-state index in [1.165, 1.54) is 44.1 Å². The predicted octanol–water partition coefficient (Wildman–Crippen LogP) is 5.79. The molecule has 3 fully saturated rings. The summed E-state index contributed by atoms with van der Waals surface area (Å²) in [5.74, 6) is 10.9. The lowest BCUT2D eigenvalue weighted by molar-refractivity contribution is -0.117. The van der Waals surface area contributed by atoms with Gasteiger partial charge in [-0.15, -0.1) is 11.8 Å². The molecule has 4 unspecified atom stereocenters. The lowest BCUT2D eigenvalue weighted by Crippen LogP contribution is -2.50.